The molecular weight excluding hydrogens is 342 g/mol. The molecule has 0 saturated carbocycles. The van der Waals surface area contributed by atoms with Gasteiger partial charge in [0.15, 0.2) is 0 Å². The zero-order valence-electron chi connectivity index (χ0n) is 14.5. The highest BCUT2D eigenvalue weighted by atomic mass is 32.2. The molecule has 2 aliphatic heterocycles. The van der Waals surface area contributed by atoms with E-state index in [2.05, 4.69) is 9.62 Å². The first-order valence-corrected chi connectivity index (χ1v) is 10.2. The van der Waals surface area contributed by atoms with E-state index in [1.54, 1.807) is 29.2 Å². The second-order valence-electron chi connectivity index (χ2n) is 6.49. The molecule has 0 spiro atoms. The number of rotatable bonds is 6. The Morgan fingerprint density at radius 3 is 2.44 bits per heavy atom. The highest BCUT2D eigenvalue weighted by Gasteiger charge is 2.23. The lowest BCUT2D eigenvalue weighted by Crippen LogP contribution is -2.47. The summed E-state index contributed by atoms with van der Waals surface area (Å²) in [5.41, 5.74) is 0.753. The van der Waals surface area contributed by atoms with Crippen LogP contribution in [-0.2, 0) is 19.6 Å². The molecule has 1 atom stereocenters. The van der Waals surface area contributed by atoms with Gasteiger partial charge in [0, 0.05) is 44.3 Å². The van der Waals surface area contributed by atoms with E-state index in [9.17, 15) is 13.2 Å². The molecule has 25 heavy (non-hydrogen) atoms. The van der Waals surface area contributed by atoms with E-state index in [0.717, 1.165) is 25.2 Å². The Morgan fingerprint density at radius 2 is 1.84 bits per heavy atom. The van der Waals surface area contributed by atoms with Crippen LogP contribution < -0.4 is 9.62 Å². The first kappa shape index (κ1) is 18.3. The van der Waals surface area contributed by atoms with Crippen LogP contribution in [0.4, 0.5) is 5.69 Å². The van der Waals surface area contributed by atoms with Crippen molar-refractivity contribution < 1.29 is 17.9 Å². The Hall–Kier alpha value is -1.48. The second-order valence-corrected chi connectivity index (χ2v) is 8.26. The number of morpholine rings is 1. The van der Waals surface area contributed by atoms with E-state index in [1.807, 2.05) is 6.92 Å². The summed E-state index contributed by atoms with van der Waals surface area (Å²) in [6.07, 6.45) is 1.40. The number of benzene rings is 1. The van der Waals surface area contributed by atoms with E-state index in [4.69, 9.17) is 4.74 Å². The molecule has 7 nitrogen and oxygen atoms in total. The molecule has 3 rings (SSSR count). The van der Waals surface area contributed by atoms with Gasteiger partial charge in [-0.2, -0.15) is 0 Å². The van der Waals surface area contributed by atoms with Gasteiger partial charge in [0.2, 0.25) is 15.9 Å². The standard InChI is InChI=1S/C17H25N3O4S/c1-14(19-9-11-24-12-10-19)13-18-25(22,23)16-6-4-15(5-7-16)20-8-2-3-17(20)21/h4-7,14,18H,2-3,8-13H2,1H3. The topological polar surface area (TPSA) is 79.0 Å². The third-order valence-electron chi connectivity index (χ3n) is 4.77. The molecule has 0 aliphatic carbocycles. The Kier molecular flexibility index (Phi) is 5.73. The monoisotopic (exact) mass is 367 g/mol. The van der Waals surface area contributed by atoms with Gasteiger partial charge in [0.1, 0.15) is 0 Å². The Labute approximate surface area is 149 Å². The lowest BCUT2D eigenvalue weighted by atomic mass is 10.2. The zero-order valence-corrected chi connectivity index (χ0v) is 15.3. The van der Waals surface area contributed by atoms with Crippen LogP contribution in [0.25, 0.3) is 0 Å². The minimum absolute atomic E-state index is 0.0908. The second kappa shape index (κ2) is 7.82. The molecule has 1 aromatic carbocycles. The van der Waals surface area contributed by atoms with Crippen LogP contribution in [0.1, 0.15) is 19.8 Å². The predicted octanol–water partition coefficient (Wildman–Crippen LogP) is 0.812. The number of hydrogen-bond acceptors (Lipinski definition) is 5. The quantitative estimate of drug-likeness (QED) is 0.805. The van der Waals surface area contributed by atoms with E-state index in [1.165, 1.54) is 0 Å². The van der Waals surface area contributed by atoms with Crippen molar-refractivity contribution in [1.82, 2.24) is 9.62 Å². The van der Waals surface area contributed by atoms with Gasteiger partial charge < -0.3 is 9.64 Å². The van der Waals surface area contributed by atoms with E-state index in [0.29, 0.717) is 32.7 Å². The molecule has 2 saturated heterocycles. The van der Waals surface area contributed by atoms with Crippen molar-refractivity contribution in [2.24, 2.45) is 0 Å². The average molecular weight is 367 g/mol. The smallest absolute Gasteiger partial charge is 0.240 e. The Morgan fingerprint density at radius 1 is 1.16 bits per heavy atom. The van der Waals surface area contributed by atoms with Crippen molar-refractivity contribution in [2.75, 3.05) is 44.3 Å². The van der Waals surface area contributed by atoms with Gasteiger partial charge in [-0.25, -0.2) is 13.1 Å². The number of amides is 1. The molecule has 1 N–H and O–H groups in total. The third kappa shape index (κ3) is 4.38. The van der Waals surface area contributed by atoms with E-state index >= 15 is 0 Å². The largest absolute Gasteiger partial charge is 0.379 e. The van der Waals surface area contributed by atoms with Crippen molar-refractivity contribution in [2.45, 2.75) is 30.7 Å². The number of sulfonamides is 1. The summed E-state index contributed by atoms with van der Waals surface area (Å²) in [5.74, 6) is 0.0908. The molecule has 8 heteroatoms. The Bertz CT molecular complexity index is 699. The third-order valence-corrected chi connectivity index (χ3v) is 6.21. The van der Waals surface area contributed by atoms with E-state index in [-0.39, 0.29) is 16.8 Å². The zero-order chi connectivity index (χ0) is 17.9. The van der Waals surface area contributed by atoms with Crippen molar-refractivity contribution in [3.8, 4) is 0 Å². The number of anilines is 1. The summed E-state index contributed by atoms with van der Waals surface area (Å²) in [6, 6.07) is 6.62. The maximum atomic E-state index is 12.5. The number of nitrogens with zero attached hydrogens (tertiary/aromatic N) is 2. The molecule has 2 aliphatic rings. The lowest BCUT2D eigenvalue weighted by molar-refractivity contribution is -0.117. The number of nitrogens with one attached hydrogen (secondary N) is 1. The molecule has 0 bridgehead atoms. The lowest BCUT2D eigenvalue weighted by Gasteiger charge is -2.32. The van der Waals surface area contributed by atoms with Crippen molar-refractivity contribution in [3.05, 3.63) is 24.3 Å². The molecule has 2 fully saturated rings. The van der Waals surface area contributed by atoms with Crippen LogP contribution in [0.5, 0.6) is 0 Å². The van der Waals surface area contributed by atoms with E-state index < -0.39 is 10.0 Å². The van der Waals surface area contributed by atoms with Gasteiger partial charge in [0.05, 0.1) is 18.1 Å². The summed E-state index contributed by atoms with van der Waals surface area (Å²) in [4.78, 5) is 15.9. The predicted molar refractivity (Wildman–Crippen MR) is 95.1 cm³/mol. The van der Waals surface area contributed by atoms with Gasteiger partial charge in [-0.15, -0.1) is 0 Å². The van der Waals surface area contributed by atoms with Gasteiger partial charge >= 0.3 is 0 Å². The minimum Gasteiger partial charge on any atom is -0.379 e. The molecule has 1 unspecified atom stereocenters. The Balaban J connectivity index is 1.60. The van der Waals surface area contributed by atoms with Gasteiger partial charge in [0.25, 0.3) is 0 Å². The fraction of sp³-hybridized carbons (Fsp3) is 0.588. The number of carbonyl (C=O) groups is 1. The molecule has 2 heterocycles. The SMILES string of the molecule is CC(CNS(=O)(=O)c1ccc(N2CCCC2=O)cc1)N1CCOCC1. The van der Waals surface area contributed by atoms with Crippen LogP contribution in [-0.4, -0.2) is 64.7 Å². The minimum atomic E-state index is -3.56. The van der Waals surface area contributed by atoms with Gasteiger partial charge in [-0.05, 0) is 37.6 Å². The number of ether oxygens (including phenoxy) is 1. The first-order chi connectivity index (χ1) is 12.0. The average Bonchev–Trinajstić information content (AvgIpc) is 3.06. The first-order valence-electron chi connectivity index (χ1n) is 8.69. The summed E-state index contributed by atoms with van der Waals surface area (Å²) in [7, 11) is -3.56. The van der Waals surface area contributed by atoms with Crippen LogP contribution >= 0.6 is 0 Å². The normalized spacial score (nSPS) is 20.8. The summed E-state index contributed by atoms with van der Waals surface area (Å²) >= 11 is 0. The van der Waals surface area contributed by atoms with Crippen LogP contribution in [0.3, 0.4) is 0 Å². The molecule has 0 radical (unpaired) electrons. The fourth-order valence-electron chi connectivity index (χ4n) is 3.19. The van der Waals surface area contributed by atoms with Crippen molar-refractivity contribution in [3.63, 3.8) is 0 Å². The van der Waals surface area contributed by atoms with Crippen LogP contribution in [0.15, 0.2) is 29.2 Å². The number of hydrogen-bond donors (Lipinski definition) is 1. The van der Waals surface area contributed by atoms with Crippen molar-refractivity contribution >= 4 is 21.6 Å². The summed E-state index contributed by atoms with van der Waals surface area (Å²) < 4.78 is 33.0. The highest BCUT2D eigenvalue weighted by molar-refractivity contribution is 7.89. The number of carbonyl (C=O) groups excluding carboxylic acids is 1. The molecule has 0 aromatic heterocycles. The van der Waals surface area contributed by atoms with Crippen LogP contribution in [0.2, 0.25) is 0 Å². The maximum absolute atomic E-state index is 12.5. The van der Waals surface area contributed by atoms with Gasteiger partial charge in [-0.3, -0.25) is 9.69 Å². The molecule has 1 aromatic rings. The van der Waals surface area contributed by atoms with Crippen molar-refractivity contribution in [1.29, 1.82) is 0 Å². The fourth-order valence-corrected chi connectivity index (χ4v) is 4.31. The molecule has 1 amide bonds. The summed E-state index contributed by atoms with van der Waals surface area (Å²) in [5, 5.41) is 0. The van der Waals surface area contributed by atoms with Crippen LogP contribution in [0, 0.1) is 0 Å². The van der Waals surface area contributed by atoms with Gasteiger partial charge in [-0.1, -0.05) is 0 Å². The molecule has 138 valence electrons. The molecular formula is C17H25N3O4S. The summed E-state index contributed by atoms with van der Waals surface area (Å²) in [6.45, 7) is 6.08. The maximum Gasteiger partial charge on any atom is 0.240 e. The highest BCUT2D eigenvalue weighted by Crippen LogP contribution is 2.22.